The van der Waals surface area contributed by atoms with E-state index in [4.69, 9.17) is 10.3 Å². The molecule has 21 heavy (non-hydrogen) atoms. The molecular weight excluding hydrogens is 335 g/mol. The van der Waals surface area contributed by atoms with E-state index in [-0.39, 0.29) is 11.9 Å². The Morgan fingerprint density at radius 3 is 2.81 bits per heavy atom. The first-order valence-corrected chi connectivity index (χ1v) is 7.29. The second kappa shape index (κ2) is 5.60. The van der Waals surface area contributed by atoms with Gasteiger partial charge in [0.1, 0.15) is 23.2 Å². The number of nitrogens with two attached hydrogens (primary N) is 1. The molecule has 1 heterocycles. The molecule has 0 bridgehead atoms. The summed E-state index contributed by atoms with van der Waals surface area (Å²) in [5, 5.41) is 0.720. The fourth-order valence-electron chi connectivity index (χ4n) is 2.44. The van der Waals surface area contributed by atoms with Gasteiger partial charge in [-0.3, -0.25) is 5.84 Å². The van der Waals surface area contributed by atoms with E-state index in [1.807, 2.05) is 31.2 Å². The monoisotopic (exact) mass is 348 g/mol. The van der Waals surface area contributed by atoms with Crippen molar-refractivity contribution in [1.29, 1.82) is 0 Å². The van der Waals surface area contributed by atoms with Crippen LogP contribution in [0.25, 0.3) is 11.0 Å². The summed E-state index contributed by atoms with van der Waals surface area (Å²) in [4.78, 5) is 0. The molecular formula is C16H14BrFN2O. The SMILES string of the molecule is Cc1c(Br)cccc1C(NN)c1cc2cc(F)ccc2o1. The molecule has 0 saturated heterocycles. The fraction of sp³-hybridized carbons (Fsp3) is 0.125. The number of furan rings is 1. The third kappa shape index (κ3) is 2.60. The van der Waals surface area contributed by atoms with Crippen molar-refractivity contribution >= 4 is 26.9 Å². The van der Waals surface area contributed by atoms with Crippen LogP contribution in [0.4, 0.5) is 4.39 Å². The maximum atomic E-state index is 13.3. The number of rotatable bonds is 3. The summed E-state index contributed by atoms with van der Waals surface area (Å²) in [5.74, 6) is 6.07. The van der Waals surface area contributed by atoms with Gasteiger partial charge in [0.2, 0.25) is 0 Å². The Labute approximate surface area is 130 Å². The van der Waals surface area contributed by atoms with Gasteiger partial charge in [-0.15, -0.1) is 0 Å². The standard InChI is InChI=1S/C16H14BrFN2O/c1-9-12(3-2-4-13(9)17)16(20-19)15-8-10-7-11(18)5-6-14(10)21-15/h2-8,16,20H,19H2,1H3. The largest absolute Gasteiger partial charge is 0.459 e. The molecule has 0 spiro atoms. The third-order valence-corrected chi connectivity index (χ3v) is 4.43. The number of benzene rings is 2. The molecule has 3 nitrogen and oxygen atoms in total. The van der Waals surface area contributed by atoms with Crippen molar-refractivity contribution in [3.05, 3.63) is 69.6 Å². The maximum absolute atomic E-state index is 13.3. The summed E-state index contributed by atoms with van der Waals surface area (Å²) >= 11 is 3.51. The first-order chi connectivity index (χ1) is 10.1. The van der Waals surface area contributed by atoms with Crippen molar-refractivity contribution in [2.24, 2.45) is 5.84 Å². The van der Waals surface area contributed by atoms with Crippen molar-refractivity contribution in [2.75, 3.05) is 0 Å². The topological polar surface area (TPSA) is 51.2 Å². The van der Waals surface area contributed by atoms with Gasteiger partial charge in [-0.25, -0.2) is 9.82 Å². The molecule has 3 aromatic rings. The Hall–Kier alpha value is -1.69. The predicted molar refractivity (Wildman–Crippen MR) is 84.2 cm³/mol. The van der Waals surface area contributed by atoms with Crippen LogP contribution in [0.2, 0.25) is 0 Å². The summed E-state index contributed by atoms with van der Waals surface area (Å²) in [5.41, 5.74) is 5.49. The van der Waals surface area contributed by atoms with Gasteiger partial charge in [-0.2, -0.15) is 0 Å². The molecule has 5 heteroatoms. The zero-order valence-corrected chi connectivity index (χ0v) is 12.9. The molecule has 0 aliphatic rings. The van der Waals surface area contributed by atoms with Gasteiger partial charge in [0.25, 0.3) is 0 Å². The molecule has 2 aromatic carbocycles. The minimum Gasteiger partial charge on any atom is -0.459 e. The summed E-state index contributed by atoms with van der Waals surface area (Å²) in [7, 11) is 0. The van der Waals surface area contributed by atoms with Gasteiger partial charge in [0, 0.05) is 9.86 Å². The van der Waals surface area contributed by atoms with Crippen LogP contribution in [0.15, 0.2) is 51.4 Å². The van der Waals surface area contributed by atoms with E-state index >= 15 is 0 Å². The Morgan fingerprint density at radius 1 is 1.24 bits per heavy atom. The first-order valence-electron chi connectivity index (χ1n) is 6.50. The lowest BCUT2D eigenvalue weighted by molar-refractivity contribution is 0.476. The van der Waals surface area contributed by atoms with Crippen molar-refractivity contribution in [1.82, 2.24) is 5.43 Å². The fourth-order valence-corrected chi connectivity index (χ4v) is 2.82. The van der Waals surface area contributed by atoms with E-state index in [9.17, 15) is 4.39 Å². The van der Waals surface area contributed by atoms with Crippen LogP contribution in [-0.2, 0) is 0 Å². The second-order valence-corrected chi connectivity index (χ2v) is 5.74. The highest BCUT2D eigenvalue weighted by atomic mass is 79.9. The van der Waals surface area contributed by atoms with Crippen LogP contribution in [0, 0.1) is 12.7 Å². The smallest absolute Gasteiger partial charge is 0.134 e. The van der Waals surface area contributed by atoms with Gasteiger partial charge < -0.3 is 4.42 Å². The van der Waals surface area contributed by atoms with Gasteiger partial charge in [-0.1, -0.05) is 28.1 Å². The minimum absolute atomic E-state index is 0.286. The van der Waals surface area contributed by atoms with Crippen molar-refractivity contribution in [3.63, 3.8) is 0 Å². The Balaban J connectivity index is 2.11. The molecule has 108 valence electrons. The molecule has 0 aliphatic carbocycles. The lowest BCUT2D eigenvalue weighted by Crippen LogP contribution is -2.29. The van der Waals surface area contributed by atoms with Crippen LogP contribution in [0.1, 0.15) is 22.9 Å². The summed E-state index contributed by atoms with van der Waals surface area (Å²) in [6.45, 7) is 2.01. The molecule has 1 aromatic heterocycles. The van der Waals surface area contributed by atoms with Crippen molar-refractivity contribution in [2.45, 2.75) is 13.0 Å². The molecule has 3 rings (SSSR count). The minimum atomic E-state index is -0.294. The number of hydrazine groups is 1. The Morgan fingerprint density at radius 2 is 2.05 bits per heavy atom. The van der Waals surface area contributed by atoms with E-state index in [0.717, 1.165) is 21.0 Å². The molecule has 0 fully saturated rings. The summed E-state index contributed by atoms with van der Waals surface area (Å²) in [6.07, 6.45) is 0. The predicted octanol–water partition coefficient (Wildman–Crippen LogP) is 4.20. The highest BCUT2D eigenvalue weighted by Gasteiger charge is 2.20. The molecule has 0 saturated carbocycles. The average Bonchev–Trinajstić information content (AvgIpc) is 2.87. The molecule has 3 N–H and O–H groups in total. The number of fused-ring (bicyclic) bond motifs is 1. The van der Waals surface area contributed by atoms with Crippen molar-refractivity contribution < 1.29 is 8.81 Å². The van der Waals surface area contributed by atoms with Gasteiger partial charge in [0.15, 0.2) is 0 Å². The van der Waals surface area contributed by atoms with Crippen molar-refractivity contribution in [3.8, 4) is 0 Å². The highest BCUT2D eigenvalue weighted by Crippen LogP contribution is 2.32. The number of nitrogens with one attached hydrogen (secondary N) is 1. The highest BCUT2D eigenvalue weighted by molar-refractivity contribution is 9.10. The van der Waals surface area contributed by atoms with Crippen LogP contribution in [0.3, 0.4) is 0 Å². The van der Waals surface area contributed by atoms with E-state index in [2.05, 4.69) is 21.4 Å². The lowest BCUT2D eigenvalue weighted by atomic mass is 10.00. The zero-order chi connectivity index (χ0) is 15.0. The van der Waals surface area contributed by atoms with E-state index in [1.165, 1.54) is 12.1 Å². The van der Waals surface area contributed by atoms with Gasteiger partial charge in [0.05, 0.1) is 0 Å². The Bertz CT molecular complexity index is 800. The Kier molecular flexibility index (Phi) is 3.80. The maximum Gasteiger partial charge on any atom is 0.134 e. The van der Waals surface area contributed by atoms with Crippen LogP contribution < -0.4 is 11.3 Å². The summed E-state index contributed by atoms with van der Waals surface area (Å²) < 4.78 is 20.1. The lowest BCUT2D eigenvalue weighted by Gasteiger charge is -2.17. The van der Waals surface area contributed by atoms with E-state index in [0.29, 0.717) is 11.3 Å². The quantitative estimate of drug-likeness (QED) is 0.551. The molecule has 0 radical (unpaired) electrons. The van der Waals surface area contributed by atoms with Crippen LogP contribution in [-0.4, -0.2) is 0 Å². The molecule has 0 aliphatic heterocycles. The van der Waals surface area contributed by atoms with E-state index in [1.54, 1.807) is 6.07 Å². The first kappa shape index (κ1) is 14.3. The third-order valence-electron chi connectivity index (χ3n) is 3.57. The number of halogens is 2. The zero-order valence-electron chi connectivity index (χ0n) is 11.4. The molecule has 0 amide bonds. The van der Waals surface area contributed by atoms with Gasteiger partial charge >= 0.3 is 0 Å². The normalized spacial score (nSPS) is 12.8. The average molecular weight is 349 g/mol. The second-order valence-electron chi connectivity index (χ2n) is 4.88. The van der Waals surface area contributed by atoms with Gasteiger partial charge in [-0.05, 0) is 48.4 Å². The van der Waals surface area contributed by atoms with E-state index < -0.39 is 0 Å². The molecule has 1 unspecified atom stereocenters. The van der Waals surface area contributed by atoms with Crippen LogP contribution >= 0.6 is 15.9 Å². The summed E-state index contributed by atoms with van der Waals surface area (Å²) in [6, 6.07) is 11.9. The van der Waals surface area contributed by atoms with Crippen LogP contribution in [0.5, 0.6) is 0 Å². The number of hydrogen-bond donors (Lipinski definition) is 2. The molecule has 1 atom stereocenters. The number of hydrogen-bond acceptors (Lipinski definition) is 3.